The van der Waals surface area contributed by atoms with Crippen molar-refractivity contribution in [1.82, 2.24) is 4.90 Å². The largest absolute Gasteiger partial charge is 0.493 e. The van der Waals surface area contributed by atoms with E-state index in [1.165, 1.54) is 0 Å². The van der Waals surface area contributed by atoms with E-state index < -0.39 is 0 Å². The molecule has 0 amide bonds. The fraction of sp³-hybridized carbons (Fsp3) is 0.391. The lowest BCUT2D eigenvalue weighted by molar-refractivity contribution is -0.149. The van der Waals surface area contributed by atoms with E-state index in [0.717, 1.165) is 17.4 Å². The van der Waals surface area contributed by atoms with Gasteiger partial charge in [-0.25, -0.2) is 0 Å². The van der Waals surface area contributed by atoms with Crippen LogP contribution in [0, 0.1) is 5.92 Å². The summed E-state index contributed by atoms with van der Waals surface area (Å²) in [6.07, 6.45) is 1.32. The summed E-state index contributed by atoms with van der Waals surface area (Å²) < 4.78 is 21.8. The number of nitrogens with zero attached hydrogens (tertiary/aromatic N) is 1. The zero-order chi connectivity index (χ0) is 21.5. The normalized spacial score (nSPS) is 18.6. The molecule has 7 heteroatoms. The van der Waals surface area contributed by atoms with Gasteiger partial charge in [-0.3, -0.25) is 9.69 Å². The van der Waals surface area contributed by atoms with Crippen LogP contribution in [0.5, 0.6) is 17.2 Å². The van der Waals surface area contributed by atoms with Crippen LogP contribution in [0.1, 0.15) is 17.5 Å². The zero-order valence-electron chi connectivity index (χ0n) is 17.5. The fourth-order valence-electron chi connectivity index (χ4n) is 3.78. The molecule has 2 aromatic carbocycles. The topological polar surface area (TPSA) is 74.3 Å². The Morgan fingerprint density at radius 2 is 1.77 bits per heavy atom. The molecule has 0 radical (unpaired) electrons. The standard InChI is InChI=1S/C23H27NO6/c1-27-20-10-9-17(21(28-2)22(20)29-3)12-24-13-18(11-19(24)14-25)23(26)30-15-16-7-5-4-6-8-16/h4-10,14,18-19H,11-13,15H2,1-3H3/t18?,19-/m1/s1. The van der Waals surface area contributed by atoms with Crippen LogP contribution < -0.4 is 14.2 Å². The van der Waals surface area contributed by atoms with Crippen LogP contribution in [-0.4, -0.2) is 51.1 Å². The number of aldehydes is 1. The van der Waals surface area contributed by atoms with Crippen LogP contribution in [0.3, 0.4) is 0 Å². The van der Waals surface area contributed by atoms with Crippen molar-refractivity contribution in [2.24, 2.45) is 5.92 Å². The van der Waals surface area contributed by atoms with Gasteiger partial charge < -0.3 is 23.7 Å². The number of methoxy groups -OCH3 is 3. The third kappa shape index (κ3) is 4.74. The highest BCUT2D eigenvalue weighted by Crippen LogP contribution is 2.41. The maximum atomic E-state index is 12.6. The van der Waals surface area contributed by atoms with Gasteiger partial charge in [0.05, 0.1) is 33.3 Å². The van der Waals surface area contributed by atoms with Crippen molar-refractivity contribution in [3.63, 3.8) is 0 Å². The van der Waals surface area contributed by atoms with Gasteiger partial charge in [-0.1, -0.05) is 36.4 Å². The van der Waals surface area contributed by atoms with Crippen molar-refractivity contribution in [3.8, 4) is 17.2 Å². The number of likely N-dealkylation sites (tertiary alicyclic amines) is 1. The van der Waals surface area contributed by atoms with Crippen molar-refractivity contribution in [1.29, 1.82) is 0 Å². The summed E-state index contributed by atoms with van der Waals surface area (Å²) in [5, 5.41) is 0. The Hall–Kier alpha value is -3.06. The molecule has 0 saturated carbocycles. The van der Waals surface area contributed by atoms with Crippen molar-refractivity contribution in [3.05, 3.63) is 53.6 Å². The number of carbonyl (C=O) groups excluding carboxylic acids is 2. The number of esters is 1. The minimum Gasteiger partial charge on any atom is -0.493 e. The van der Waals surface area contributed by atoms with Gasteiger partial charge in [0.25, 0.3) is 0 Å². The molecule has 1 saturated heterocycles. The van der Waals surface area contributed by atoms with Gasteiger partial charge in [-0.15, -0.1) is 0 Å². The number of hydrogen-bond acceptors (Lipinski definition) is 7. The number of benzene rings is 2. The molecule has 1 unspecified atom stereocenters. The Labute approximate surface area is 176 Å². The first-order valence-electron chi connectivity index (χ1n) is 9.79. The van der Waals surface area contributed by atoms with Crippen molar-refractivity contribution < 1.29 is 28.5 Å². The molecule has 160 valence electrons. The van der Waals surface area contributed by atoms with E-state index in [2.05, 4.69) is 0 Å². The van der Waals surface area contributed by atoms with Gasteiger partial charge in [-0.2, -0.15) is 0 Å². The van der Waals surface area contributed by atoms with Crippen molar-refractivity contribution in [2.75, 3.05) is 27.9 Å². The van der Waals surface area contributed by atoms with Gasteiger partial charge in [0.2, 0.25) is 5.75 Å². The van der Waals surface area contributed by atoms with Crippen LogP contribution in [0.15, 0.2) is 42.5 Å². The minimum absolute atomic E-state index is 0.228. The highest BCUT2D eigenvalue weighted by molar-refractivity contribution is 5.75. The summed E-state index contributed by atoms with van der Waals surface area (Å²) in [4.78, 5) is 26.2. The second-order valence-electron chi connectivity index (χ2n) is 7.15. The van der Waals surface area contributed by atoms with E-state index in [1.54, 1.807) is 27.4 Å². The van der Waals surface area contributed by atoms with Gasteiger partial charge in [-0.05, 0) is 18.1 Å². The van der Waals surface area contributed by atoms with Gasteiger partial charge in [0.15, 0.2) is 11.5 Å². The van der Waals surface area contributed by atoms with E-state index in [4.69, 9.17) is 18.9 Å². The second-order valence-corrected chi connectivity index (χ2v) is 7.15. The molecule has 1 heterocycles. The lowest BCUT2D eigenvalue weighted by Gasteiger charge is -2.22. The molecule has 0 aliphatic carbocycles. The quantitative estimate of drug-likeness (QED) is 0.462. The van der Waals surface area contributed by atoms with E-state index in [0.29, 0.717) is 36.8 Å². The summed E-state index contributed by atoms with van der Waals surface area (Å²) in [5.74, 6) is 0.978. The van der Waals surface area contributed by atoms with Crippen LogP contribution >= 0.6 is 0 Å². The van der Waals surface area contributed by atoms with Gasteiger partial charge >= 0.3 is 5.97 Å². The van der Waals surface area contributed by atoms with Gasteiger partial charge in [0.1, 0.15) is 12.9 Å². The van der Waals surface area contributed by atoms with Gasteiger partial charge in [0, 0.05) is 18.7 Å². The highest BCUT2D eigenvalue weighted by atomic mass is 16.5. The predicted octanol–water partition coefficient (Wildman–Crippen LogP) is 2.85. The number of carbonyl (C=O) groups is 2. The Bertz CT molecular complexity index is 869. The molecule has 1 aliphatic heterocycles. The third-order valence-electron chi connectivity index (χ3n) is 5.32. The molecule has 2 atom stereocenters. The smallest absolute Gasteiger partial charge is 0.310 e. The molecule has 0 spiro atoms. The van der Waals surface area contributed by atoms with Crippen LogP contribution in [-0.2, 0) is 27.5 Å². The summed E-state index contributed by atoms with van der Waals surface area (Å²) in [6.45, 7) is 1.11. The summed E-state index contributed by atoms with van der Waals surface area (Å²) in [6, 6.07) is 12.8. The van der Waals surface area contributed by atoms with Crippen LogP contribution in [0.2, 0.25) is 0 Å². The van der Waals surface area contributed by atoms with Crippen molar-refractivity contribution >= 4 is 12.3 Å². The number of ether oxygens (including phenoxy) is 4. The molecular formula is C23H27NO6. The summed E-state index contributed by atoms with van der Waals surface area (Å²) >= 11 is 0. The maximum absolute atomic E-state index is 12.6. The molecule has 1 aliphatic rings. The molecule has 0 bridgehead atoms. The average Bonchev–Trinajstić information content (AvgIpc) is 3.20. The highest BCUT2D eigenvalue weighted by Gasteiger charge is 2.37. The lowest BCUT2D eigenvalue weighted by Crippen LogP contribution is -2.30. The molecule has 2 aromatic rings. The SMILES string of the molecule is COc1ccc(CN2CC(C(=O)OCc3ccccc3)C[C@@H]2C=O)c(OC)c1OC. The third-order valence-corrected chi connectivity index (χ3v) is 5.32. The minimum atomic E-state index is -0.364. The molecular weight excluding hydrogens is 386 g/mol. The van der Waals surface area contributed by atoms with E-state index in [-0.39, 0.29) is 24.5 Å². The molecule has 7 nitrogen and oxygen atoms in total. The Morgan fingerprint density at radius 1 is 1.03 bits per heavy atom. The molecule has 0 N–H and O–H groups in total. The fourth-order valence-corrected chi connectivity index (χ4v) is 3.78. The molecule has 3 rings (SSSR count). The van der Waals surface area contributed by atoms with E-state index in [9.17, 15) is 9.59 Å². The monoisotopic (exact) mass is 413 g/mol. The summed E-state index contributed by atoms with van der Waals surface area (Å²) in [7, 11) is 4.67. The van der Waals surface area contributed by atoms with Crippen LogP contribution in [0.25, 0.3) is 0 Å². The first-order valence-corrected chi connectivity index (χ1v) is 9.79. The first-order chi connectivity index (χ1) is 14.6. The van der Waals surface area contributed by atoms with E-state index >= 15 is 0 Å². The Morgan fingerprint density at radius 3 is 2.40 bits per heavy atom. The zero-order valence-corrected chi connectivity index (χ0v) is 17.5. The Balaban J connectivity index is 1.69. The predicted molar refractivity (Wildman–Crippen MR) is 111 cm³/mol. The molecule has 1 fully saturated rings. The molecule has 0 aromatic heterocycles. The number of hydrogen-bond donors (Lipinski definition) is 0. The first kappa shape index (κ1) is 21.6. The Kier molecular flexibility index (Phi) is 7.30. The van der Waals surface area contributed by atoms with E-state index in [1.807, 2.05) is 41.3 Å². The molecule has 30 heavy (non-hydrogen) atoms. The lowest BCUT2D eigenvalue weighted by atomic mass is 10.1. The van der Waals surface area contributed by atoms with Crippen LogP contribution in [0.4, 0.5) is 0 Å². The summed E-state index contributed by atoms with van der Waals surface area (Å²) in [5.41, 5.74) is 1.78. The number of rotatable bonds is 9. The van der Waals surface area contributed by atoms with Crippen molar-refractivity contribution in [2.45, 2.75) is 25.6 Å². The maximum Gasteiger partial charge on any atom is 0.310 e. The second kappa shape index (κ2) is 10.1. The average molecular weight is 413 g/mol.